The maximum absolute atomic E-state index is 5.78. The summed E-state index contributed by atoms with van der Waals surface area (Å²) in [5.41, 5.74) is 1.36. The second kappa shape index (κ2) is 10.3. The number of thioether (sulfide) groups is 1. The van der Waals surface area contributed by atoms with E-state index in [1.54, 1.807) is 38.5 Å². The molecule has 0 amide bonds. The van der Waals surface area contributed by atoms with Crippen molar-refractivity contribution in [1.29, 1.82) is 0 Å². The first-order valence-electron chi connectivity index (χ1n) is 9.91. The summed E-state index contributed by atoms with van der Waals surface area (Å²) < 4.78 is 37.8. The van der Waals surface area contributed by atoms with Gasteiger partial charge in [-0.2, -0.15) is 4.98 Å². The lowest BCUT2D eigenvalue weighted by atomic mass is 10.2. The van der Waals surface area contributed by atoms with Gasteiger partial charge in [0.15, 0.2) is 23.0 Å². The van der Waals surface area contributed by atoms with Crippen LogP contribution in [0.25, 0.3) is 22.8 Å². The molecule has 0 saturated carbocycles. The van der Waals surface area contributed by atoms with E-state index >= 15 is 0 Å². The molecule has 2 aromatic heterocycles. The molecule has 12 heteroatoms. The standard InChI is InChI=1S/C22H22N4O7S/c1-27-14-7-6-12(8-15(14)28-2)20-23-18(33-26-20)11-34-22-25-24-21(32-22)13-9-16(29-3)19(31-5)17(10-13)30-4/h6-10H,11H2,1-5H3. The molecule has 11 nitrogen and oxygen atoms in total. The fourth-order valence-corrected chi connectivity index (χ4v) is 3.72. The quantitative estimate of drug-likeness (QED) is 0.299. The zero-order chi connectivity index (χ0) is 24.1. The minimum Gasteiger partial charge on any atom is -0.493 e. The number of hydrogen-bond donors (Lipinski definition) is 0. The first kappa shape index (κ1) is 23.2. The van der Waals surface area contributed by atoms with E-state index in [1.165, 1.54) is 33.1 Å². The van der Waals surface area contributed by atoms with Gasteiger partial charge in [0.2, 0.25) is 23.4 Å². The number of nitrogens with zero attached hydrogens (tertiary/aromatic N) is 4. The molecule has 34 heavy (non-hydrogen) atoms. The van der Waals surface area contributed by atoms with E-state index in [1.807, 2.05) is 6.07 Å². The Kier molecular flexibility index (Phi) is 7.07. The zero-order valence-electron chi connectivity index (χ0n) is 19.1. The molecule has 2 heterocycles. The molecular formula is C22H22N4O7S. The Morgan fingerprint density at radius 2 is 1.44 bits per heavy atom. The first-order chi connectivity index (χ1) is 16.6. The lowest BCUT2D eigenvalue weighted by Gasteiger charge is -2.12. The summed E-state index contributed by atoms with van der Waals surface area (Å²) in [7, 11) is 7.76. The van der Waals surface area contributed by atoms with E-state index in [0.29, 0.717) is 62.9 Å². The van der Waals surface area contributed by atoms with Gasteiger partial charge in [-0.1, -0.05) is 16.9 Å². The Morgan fingerprint density at radius 3 is 2.09 bits per heavy atom. The molecule has 2 aromatic carbocycles. The minimum atomic E-state index is 0.304. The van der Waals surface area contributed by atoms with E-state index in [-0.39, 0.29) is 0 Å². The van der Waals surface area contributed by atoms with Crippen LogP contribution in [0.1, 0.15) is 5.89 Å². The van der Waals surface area contributed by atoms with Crippen LogP contribution in [0.2, 0.25) is 0 Å². The van der Waals surface area contributed by atoms with Gasteiger partial charge in [-0.25, -0.2) is 0 Å². The van der Waals surface area contributed by atoms with Crippen molar-refractivity contribution >= 4 is 11.8 Å². The van der Waals surface area contributed by atoms with Gasteiger partial charge in [0.25, 0.3) is 5.22 Å². The largest absolute Gasteiger partial charge is 0.493 e. The van der Waals surface area contributed by atoms with E-state index < -0.39 is 0 Å². The van der Waals surface area contributed by atoms with Gasteiger partial charge in [0, 0.05) is 11.1 Å². The summed E-state index contributed by atoms with van der Waals surface area (Å²) in [6.07, 6.45) is 0. The number of ether oxygens (including phenoxy) is 5. The van der Waals surface area contributed by atoms with Gasteiger partial charge in [0.05, 0.1) is 41.3 Å². The summed E-state index contributed by atoms with van der Waals surface area (Å²) >= 11 is 1.27. The highest BCUT2D eigenvalue weighted by Gasteiger charge is 2.18. The van der Waals surface area contributed by atoms with E-state index in [2.05, 4.69) is 20.3 Å². The van der Waals surface area contributed by atoms with Crippen molar-refractivity contribution in [3.05, 3.63) is 36.2 Å². The van der Waals surface area contributed by atoms with Crippen molar-refractivity contribution in [2.75, 3.05) is 35.5 Å². The normalized spacial score (nSPS) is 10.7. The van der Waals surface area contributed by atoms with Crippen LogP contribution in [-0.2, 0) is 5.75 Å². The molecule has 0 aliphatic heterocycles. The molecule has 0 radical (unpaired) electrons. The van der Waals surface area contributed by atoms with Crippen LogP contribution < -0.4 is 23.7 Å². The molecule has 0 fully saturated rings. The van der Waals surface area contributed by atoms with Crippen molar-refractivity contribution in [2.45, 2.75) is 11.0 Å². The highest BCUT2D eigenvalue weighted by Crippen LogP contribution is 2.41. The topological polar surface area (TPSA) is 124 Å². The van der Waals surface area contributed by atoms with Crippen molar-refractivity contribution < 1.29 is 32.6 Å². The molecule has 178 valence electrons. The molecule has 0 atom stereocenters. The fourth-order valence-electron chi connectivity index (χ4n) is 3.12. The molecular weight excluding hydrogens is 464 g/mol. The van der Waals surface area contributed by atoms with Gasteiger partial charge >= 0.3 is 0 Å². The van der Waals surface area contributed by atoms with E-state index in [0.717, 1.165) is 5.56 Å². The summed E-state index contributed by atoms with van der Waals surface area (Å²) in [4.78, 5) is 4.42. The monoisotopic (exact) mass is 486 g/mol. The Balaban J connectivity index is 1.47. The Bertz CT molecular complexity index is 1250. The lowest BCUT2D eigenvalue weighted by Crippen LogP contribution is -1.95. The first-order valence-corrected chi connectivity index (χ1v) is 10.9. The summed E-state index contributed by atoms with van der Waals surface area (Å²) in [5.74, 6) is 4.12. The van der Waals surface area contributed by atoms with E-state index in [9.17, 15) is 0 Å². The molecule has 0 aliphatic carbocycles. The zero-order valence-corrected chi connectivity index (χ0v) is 20.0. The molecule has 4 aromatic rings. The summed E-state index contributed by atoms with van der Waals surface area (Å²) in [6, 6.07) is 8.85. The van der Waals surface area contributed by atoms with Crippen LogP contribution in [0.4, 0.5) is 0 Å². The second-order valence-electron chi connectivity index (χ2n) is 6.66. The van der Waals surface area contributed by atoms with Crippen molar-refractivity contribution in [3.63, 3.8) is 0 Å². The number of rotatable bonds is 10. The SMILES string of the molecule is COc1ccc(-c2noc(CSc3nnc(-c4cc(OC)c(OC)c(OC)c4)o3)n2)cc1OC. The average molecular weight is 487 g/mol. The van der Waals surface area contributed by atoms with Crippen LogP contribution in [0.3, 0.4) is 0 Å². The third kappa shape index (κ3) is 4.71. The summed E-state index contributed by atoms with van der Waals surface area (Å²) in [6.45, 7) is 0. The van der Waals surface area contributed by atoms with Crippen molar-refractivity contribution in [2.24, 2.45) is 0 Å². The molecule has 0 aliphatic rings. The van der Waals surface area contributed by atoms with Crippen LogP contribution in [0.15, 0.2) is 44.5 Å². The lowest BCUT2D eigenvalue weighted by molar-refractivity contribution is 0.324. The number of aromatic nitrogens is 4. The Morgan fingerprint density at radius 1 is 0.765 bits per heavy atom. The van der Waals surface area contributed by atoms with Gasteiger partial charge in [-0.3, -0.25) is 0 Å². The predicted molar refractivity (Wildman–Crippen MR) is 122 cm³/mol. The number of benzene rings is 2. The third-order valence-electron chi connectivity index (χ3n) is 4.75. The second-order valence-corrected chi connectivity index (χ2v) is 7.58. The van der Waals surface area contributed by atoms with Crippen LogP contribution in [-0.4, -0.2) is 55.9 Å². The maximum atomic E-state index is 5.78. The van der Waals surface area contributed by atoms with Gasteiger partial charge in [-0.05, 0) is 30.3 Å². The third-order valence-corrected chi connectivity index (χ3v) is 5.55. The van der Waals surface area contributed by atoms with E-state index in [4.69, 9.17) is 32.6 Å². The molecule has 0 bridgehead atoms. The minimum absolute atomic E-state index is 0.304. The van der Waals surface area contributed by atoms with Crippen molar-refractivity contribution in [1.82, 2.24) is 20.3 Å². The highest BCUT2D eigenvalue weighted by molar-refractivity contribution is 7.98. The smallest absolute Gasteiger partial charge is 0.277 e. The predicted octanol–water partition coefficient (Wildman–Crippen LogP) is 4.12. The van der Waals surface area contributed by atoms with Crippen molar-refractivity contribution in [3.8, 4) is 51.6 Å². The average Bonchev–Trinajstić information content (AvgIpc) is 3.56. The maximum Gasteiger partial charge on any atom is 0.277 e. The number of methoxy groups -OCH3 is 5. The fraction of sp³-hybridized carbons (Fsp3) is 0.273. The molecule has 0 spiro atoms. The highest BCUT2D eigenvalue weighted by atomic mass is 32.2. The van der Waals surface area contributed by atoms with Crippen LogP contribution >= 0.6 is 11.8 Å². The van der Waals surface area contributed by atoms with Gasteiger partial charge in [-0.15, -0.1) is 10.2 Å². The van der Waals surface area contributed by atoms with Gasteiger partial charge < -0.3 is 32.6 Å². The number of hydrogen-bond acceptors (Lipinski definition) is 12. The van der Waals surface area contributed by atoms with Gasteiger partial charge in [0.1, 0.15) is 0 Å². The van der Waals surface area contributed by atoms with Crippen LogP contribution in [0, 0.1) is 0 Å². The Labute approximate surface area is 199 Å². The Hall–Kier alpha value is -3.93. The molecule has 0 N–H and O–H groups in total. The molecule has 4 rings (SSSR count). The molecule has 0 unspecified atom stereocenters. The molecule has 0 saturated heterocycles. The van der Waals surface area contributed by atoms with Crippen LogP contribution in [0.5, 0.6) is 28.7 Å². The summed E-state index contributed by atoms with van der Waals surface area (Å²) in [5, 5.41) is 12.6.